The summed E-state index contributed by atoms with van der Waals surface area (Å²) in [4.78, 5) is 0. The lowest BCUT2D eigenvalue weighted by Gasteiger charge is -2.43. The van der Waals surface area contributed by atoms with Crippen molar-refractivity contribution in [1.29, 1.82) is 0 Å². The number of hydrogen-bond donors (Lipinski definition) is 0. The van der Waals surface area contributed by atoms with Gasteiger partial charge in [-0.2, -0.15) is 97.3 Å². The minimum atomic E-state index is -8.89. The van der Waals surface area contributed by atoms with Gasteiger partial charge < -0.3 is 0 Å². The van der Waals surface area contributed by atoms with Gasteiger partial charge in [-0.1, -0.05) is 13.3 Å². The van der Waals surface area contributed by atoms with E-state index in [1.807, 2.05) is 0 Å². The number of alkyl halides is 17. The molecular formula is C14H15F17O4S2. The summed E-state index contributed by atoms with van der Waals surface area (Å²) in [5, 5.41) is -7.72. The van der Waals surface area contributed by atoms with Crippen molar-refractivity contribution in [1.82, 2.24) is 0 Å². The average Bonchev–Trinajstić information content (AvgIpc) is 2.65. The van der Waals surface area contributed by atoms with E-state index in [1.54, 1.807) is 0 Å². The summed E-state index contributed by atoms with van der Waals surface area (Å²) in [7, 11) is -11.6. The van der Waals surface area contributed by atoms with Gasteiger partial charge in [-0.25, -0.2) is 0 Å². The van der Waals surface area contributed by atoms with Gasteiger partial charge in [-0.05, 0) is 6.42 Å². The molecule has 0 aliphatic carbocycles. The first kappa shape index (κ1) is 36.0. The van der Waals surface area contributed by atoms with Gasteiger partial charge in [0.05, 0.1) is 6.61 Å². The number of rotatable bonds is 13. The Morgan fingerprint density at radius 1 is 0.568 bits per heavy atom. The van der Waals surface area contributed by atoms with E-state index >= 15 is 0 Å². The quantitative estimate of drug-likeness (QED) is 0.162. The molecule has 0 spiro atoms. The third kappa shape index (κ3) is 5.54. The van der Waals surface area contributed by atoms with E-state index in [0.29, 0.717) is 12.5 Å². The molecule has 0 aromatic heterocycles. The fraction of sp³-hybridized carbons (Fsp3) is 1.00. The topological polar surface area (TPSA) is 52.6 Å². The summed E-state index contributed by atoms with van der Waals surface area (Å²) in [6.07, 6.45) is -6.67. The molecule has 0 bridgehead atoms. The van der Waals surface area contributed by atoms with E-state index in [0.717, 1.165) is 0 Å². The summed E-state index contributed by atoms with van der Waals surface area (Å²) in [5.41, 5.74) is 0. The second-order valence-corrected chi connectivity index (χ2v) is 11.8. The van der Waals surface area contributed by atoms with Gasteiger partial charge >= 0.3 is 57.1 Å². The predicted molar refractivity (Wildman–Crippen MR) is 91.0 cm³/mol. The monoisotopic (exact) mass is 634 g/mol. The zero-order chi connectivity index (χ0) is 30.5. The molecule has 0 atom stereocenters. The standard InChI is InChI=1S/C14H15F17O4S2/c1-4-5-6-34-36(2,3)35-37(32,33)14(30,31)12(25,26)10(21,22)8(17,18)7(15,16)9(19,20)11(23,24)13(27,28)29/h4-6H2,1-3H3. The van der Waals surface area contributed by atoms with E-state index in [1.165, 1.54) is 6.92 Å². The van der Waals surface area contributed by atoms with E-state index in [-0.39, 0.29) is 12.8 Å². The molecule has 0 fully saturated rings. The second kappa shape index (κ2) is 9.89. The zero-order valence-electron chi connectivity index (χ0n) is 18.0. The van der Waals surface area contributed by atoms with Gasteiger partial charge in [-0.15, -0.1) is 0 Å². The Morgan fingerprint density at radius 2 is 0.892 bits per heavy atom. The Labute approximate surface area is 198 Å². The van der Waals surface area contributed by atoms with Crippen molar-refractivity contribution in [3.05, 3.63) is 0 Å². The van der Waals surface area contributed by atoms with Crippen LogP contribution in [0.15, 0.2) is 0 Å². The highest BCUT2D eigenvalue weighted by Crippen LogP contribution is 2.65. The third-order valence-electron chi connectivity index (χ3n) is 4.13. The first-order chi connectivity index (χ1) is 15.8. The molecule has 0 amide bonds. The minimum Gasteiger partial charge on any atom is -0.284 e. The van der Waals surface area contributed by atoms with E-state index in [9.17, 15) is 83.1 Å². The lowest BCUT2D eigenvalue weighted by molar-refractivity contribution is -0.458. The van der Waals surface area contributed by atoms with Crippen molar-refractivity contribution < 1.29 is 90.9 Å². The molecule has 0 rings (SSSR count). The van der Waals surface area contributed by atoms with Crippen LogP contribution in [0.3, 0.4) is 0 Å². The van der Waals surface area contributed by atoms with Crippen molar-refractivity contribution in [3.63, 3.8) is 0 Å². The molecule has 0 saturated heterocycles. The fourth-order valence-corrected chi connectivity index (χ4v) is 5.17. The second-order valence-electron chi connectivity index (χ2n) is 7.30. The molecule has 226 valence electrons. The van der Waals surface area contributed by atoms with Gasteiger partial charge in [0.15, 0.2) is 0 Å². The van der Waals surface area contributed by atoms with E-state index in [2.05, 4.69) is 7.81 Å². The SMILES string of the molecule is CCCCOS(C)(C)OS(=O)(=O)C(F)(F)C(F)(F)C(F)(F)C(F)(F)C(F)(F)C(F)(F)C(F)(F)C(F)(F)F. The Bertz CT molecular complexity index is 911. The van der Waals surface area contributed by atoms with Crippen LogP contribution in [-0.2, 0) is 17.9 Å². The molecule has 0 aromatic rings. The molecule has 0 aromatic carbocycles. The van der Waals surface area contributed by atoms with Crippen molar-refractivity contribution in [2.24, 2.45) is 0 Å². The number of unbranched alkanes of at least 4 members (excludes halogenated alkanes) is 1. The Morgan fingerprint density at radius 3 is 1.22 bits per heavy atom. The molecular weight excluding hydrogens is 619 g/mol. The van der Waals surface area contributed by atoms with Crippen molar-refractivity contribution in [2.45, 2.75) is 66.7 Å². The van der Waals surface area contributed by atoms with Gasteiger partial charge in [0.2, 0.25) is 0 Å². The lowest BCUT2D eigenvalue weighted by atomic mass is 9.91. The Hall–Kier alpha value is -0.970. The molecule has 4 nitrogen and oxygen atoms in total. The van der Waals surface area contributed by atoms with Crippen LogP contribution in [-0.4, -0.2) is 74.5 Å². The smallest absolute Gasteiger partial charge is 0.284 e. The maximum atomic E-state index is 14.0. The largest absolute Gasteiger partial charge is 0.460 e. The minimum absolute atomic E-state index is 0.0303. The first-order valence-electron chi connectivity index (χ1n) is 8.81. The van der Waals surface area contributed by atoms with Gasteiger partial charge in [0.1, 0.15) is 0 Å². The highest BCUT2D eigenvalue weighted by atomic mass is 32.3. The maximum Gasteiger partial charge on any atom is 0.460 e. The van der Waals surface area contributed by atoms with Gasteiger partial charge in [0.25, 0.3) is 0 Å². The molecule has 0 aliphatic rings. The van der Waals surface area contributed by atoms with Crippen LogP contribution in [0.4, 0.5) is 74.6 Å². The summed E-state index contributed by atoms with van der Waals surface area (Å²) >= 11 is 0. The van der Waals surface area contributed by atoms with Crippen LogP contribution in [0.2, 0.25) is 0 Å². The normalized spacial score (nSPS) is 16.8. The summed E-state index contributed by atoms with van der Waals surface area (Å²) in [5.74, 6) is -51.9. The number of hydrogen-bond acceptors (Lipinski definition) is 4. The molecule has 0 aliphatic heterocycles. The lowest BCUT2D eigenvalue weighted by Crippen LogP contribution is -2.75. The fourth-order valence-electron chi connectivity index (χ4n) is 1.99. The molecule has 23 heteroatoms. The van der Waals surface area contributed by atoms with Crippen LogP contribution < -0.4 is 0 Å². The predicted octanol–water partition coefficient (Wildman–Crippen LogP) is 7.01. The third-order valence-corrected chi connectivity index (χ3v) is 7.77. The molecule has 37 heavy (non-hydrogen) atoms. The number of halogens is 17. The van der Waals surface area contributed by atoms with E-state index in [4.69, 9.17) is 0 Å². The first-order valence-corrected chi connectivity index (χ1v) is 12.5. The molecule has 0 unspecified atom stereocenters. The summed E-state index contributed by atoms with van der Waals surface area (Å²) in [6, 6.07) is 0. The Kier molecular flexibility index (Phi) is 9.64. The highest BCUT2D eigenvalue weighted by Gasteiger charge is 2.96. The highest BCUT2D eigenvalue weighted by molar-refractivity contribution is 8.28. The summed E-state index contributed by atoms with van der Waals surface area (Å²) in [6.45, 7) is 0.948. The summed E-state index contributed by atoms with van der Waals surface area (Å²) < 4.78 is 256. The zero-order valence-corrected chi connectivity index (χ0v) is 19.6. The van der Waals surface area contributed by atoms with Crippen LogP contribution in [0.1, 0.15) is 19.8 Å². The van der Waals surface area contributed by atoms with E-state index < -0.39 is 74.3 Å². The molecule has 0 radical (unpaired) electrons. The van der Waals surface area contributed by atoms with Crippen molar-refractivity contribution >= 4 is 20.7 Å². The van der Waals surface area contributed by atoms with Crippen LogP contribution in [0, 0.1) is 0 Å². The molecule has 0 saturated carbocycles. The van der Waals surface area contributed by atoms with Crippen molar-refractivity contribution in [2.75, 3.05) is 19.1 Å². The maximum absolute atomic E-state index is 14.0. The average molecular weight is 634 g/mol. The van der Waals surface area contributed by atoms with Crippen molar-refractivity contribution in [3.8, 4) is 0 Å². The Balaban J connectivity index is 6.76. The molecule has 0 heterocycles. The van der Waals surface area contributed by atoms with Crippen LogP contribution in [0.25, 0.3) is 0 Å². The van der Waals surface area contributed by atoms with Gasteiger partial charge in [0, 0.05) is 12.5 Å². The van der Waals surface area contributed by atoms with Crippen LogP contribution in [0.5, 0.6) is 0 Å². The van der Waals surface area contributed by atoms with Gasteiger partial charge in [-0.3, -0.25) is 4.18 Å². The van der Waals surface area contributed by atoms with Crippen LogP contribution >= 0.6 is 10.6 Å². The molecule has 0 N–H and O–H groups in total.